The van der Waals surface area contributed by atoms with Crippen LogP contribution in [0.2, 0.25) is 0 Å². The number of ether oxygens (including phenoxy) is 1. The number of esters is 1. The largest absolute Gasteiger partial charge is 0.468 e. The van der Waals surface area contributed by atoms with Crippen LogP contribution in [0.1, 0.15) is 19.3 Å². The second-order valence-electron chi connectivity index (χ2n) is 6.15. The highest BCUT2D eigenvalue weighted by Gasteiger charge is 2.44. The van der Waals surface area contributed by atoms with Crippen molar-refractivity contribution in [3.05, 3.63) is 30.1 Å². The van der Waals surface area contributed by atoms with E-state index in [2.05, 4.69) is 15.6 Å². The summed E-state index contributed by atoms with van der Waals surface area (Å²) in [5.41, 5.74) is 5.99. The van der Waals surface area contributed by atoms with E-state index in [-0.39, 0.29) is 28.9 Å². The normalized spacial score (nSPS) is 29.9. The van der Waals surface area contributed by atoms with Crippen LogP contribution in [0.15, 0.2) is 29.2 Å². The van der Waals surface area contributed by atoms with Crippen LogP contribution in [0.25, 0.3) is 0 Å². The summed E-state index contributed by atoms with van der Waals surface area (Å²) in [7, 11) is -2.48. The fourth-order valence-corrected chi connectivity index (χ4v) is 4.76. The fourth-order valence-electron chi connectivity index (χ4n) is 3.45. The van der Waals surface area contributed by atoms with Gasteiger partial charge in [-0.05, 0) is 37.5 Å². The molecule has 0 spiro atoms. The second-order valence-corrected chi connectivity index (χ2v) is 7.86. The zero-order valence-electron chi connectivity index (χ0n) is 13.2. The molecule has 0 amide bonds. The van der Waals surface area contributed by atoms with Crippen molar-refractivity contribution < 1.29 is 22.3 Å². The molecular formula is C15H20FN3O4S. The Morgan fingerprint density at radius 2 is 2.12 bits per heavy atom. The molecule has 1 aromatic carbocycles. The summed E-state index contributed by atoms with van der Waals surface area (Å²) >= 11 is 0. The average Bonchev–Trinajstić information content (AvgIpc) is 2.97. The number of carbonyl (C=O) groups is 1. The molecule has 0 radical (unpaired) electrons. The molecule has 2 fully saturated rings. The first kappa shape index (κ1) is 17.3. The average molecular weight is 357 g/mol. The first-order valence-electron chi connectivity index (χ1n) is 7.77. The van der Waals surface area contributed by atoms with Crippen molar-refractivity contribution in [3.8, 4) is 0 Å². The summed E-state index contributed by atoms with van der Waals surface area (Å²) in [5.74, 6) is -1.04. The van der Waals surface area contributed by atoms with Crippen molar-refractivity contribution >= 4 is 16.0 Å². The smallest absolute Gasteiger partial charge is 0.324 e. The number of nitrogens with one attached hydrogen (secondary N) is 3. The summed E-state index contributed by atoms with van der Waals surface area (Å²) in [6, 6.07) is 4.19. The van der Waals surface area contributed by atoms with Crippen LogP contribution in [0.4, 0.5) is 4.39 Å². The van der Waals surface area contributed by atoms with Gasteiger partial charge in [-0.1, -0.05) is 6.07 Å². The lowest BCUT2D eigenvalue weighted by molar-refractivity contribution is -0.144. The van der Waals surface area contributed by atoms with E-state index in [0.717, 1.165) is 12.5 Å². The Labute approximate surface area is 140 Å². The lowest BCUT2D eigenvalue weighted by Gasteiger charge is -2.32. The summed E-state index contributed by atoms with van der Waals surface area (Å²) in [4.78, 5) is 11.7. The van der Waals surface area contributed by atoms with E-state index in [9.17, 15) is 17.6 Å². The minimum Gasteiger partial charge on any atom is -0.468 e. The zero-order chi connectivity index (χ0) is 17.3. The maximum Gasteiger partial charge on any atom is 0.324 e. The van der Waals surface area contributed by atoms with Crippen LogP contribution in [0, 0.1) is 11.7 Å². The van der Waals surface area contributed by atoms with Gasteiger partial charge in [0.1, 0.15) is 11.9 Å². The van der Waals surface area contributed by atoms with Crippen molar-refractivity contribution in [2.45, 2.75) is 42.3 Å². The molecule has 1 heterocycles. The Morgan fingerprint density at radius 3 is 2.83 bits per heavy atom. The van der Waals surface area contributed by atoms with Crippen molar-refractivity contribution in [2.75, 3.05) is 7.11 Å². The number of rotatable bonds is 4. The number of halogens is 1. The molecule has 4 unspecified atom stereocenters. The van der Waals surface area contributed by atoms with Gasteiger partial charge >= 0.3 is 5.97 Å². The minimum atomic E-state index is -3.80. The molecule has 24 heavy (non-hydrogen) atoms. The first-order valence-corrected chi connectivity index (χ1v) is 9.26. The Hall–Kier alpha value is -1.55. The molecule has 2 aliphatic rings. The predicted octanol–water partition coefficient (Wildman–Crippen LogP) is 0.291. The fraction of sp³-hybridized carbons (Fsp3) is 0.533. The number of fused-ring (bicyclic) bond motifs is 1. The number of sulfonamides is 1. The van der Waals surface area contributed by atoms with E-state index in [1.54, 1.807) is 0 Å². The maximum absolute atomic E-state index is 13.3. The topological polar surface area (TPSA) is 96.5 Å². The highest BCUT2D eigenvalue weighted by molar-refractivity contribution is 7.89. The van der Waals surface area contributed by atoms with Crippen LogP contribution in [-0.2, 0) is 19.6 Å². The highest BCUT2D eigenvalue weighted by Crippen LogP contribution is 2.31. The molecular weight excluding hydrogens is 337 g/mol. The van der Waals surface area contributed by atoms with E-state index in [0.29, 0.717) is 12.8 Å². The van der Waals surface area contributed by atoms with E-state index in [1.165, 1.54) is 25.3 Å². The van der Waals surface area contributed by atoms with Gasteiger partial charge in [-0.15, -0.1) is 0 Å². The Morgan fingerprint density at radius 1 is 1.33 bits per heavy atom. The lowest BCUT2D eigenvalue weighted by Crippen LogP contribution is -2.46. The molecule has 1 aliphatic carbocycles. The number of hydrogen-bond donors (Lipinski definition) is 3. The summed E-state index contributed by atoms with van der Waals surface area (Å²) in [5, 5.41) is 0. The van der Waals surface area contributed by atoms with Gasteiger partial charge in [-0.25, -0.2) is 23.0 Å². The molecule has 3 rings (SSSR count). The van der Waals surface area contributed by atoms with Gasteiger partial charge in [-0.2, -0.15) is 0 Å². The number of hydrogen-bond acceptors (Lipinski definition) is 6. The Bertz CT molecular complexity index is 727. The zero-order valence-corrected chi connectivity index (χ0v) is 14.0. The second kappa shape index (κ2) is 6.75. The van der Waals surface area contributed by atoms with Crippen LogP contribution >= 0.6 is 0 Å². The molecule has 1 aromatic rings. The molecule has 132 valence electrons. The molecule has 1 saturated heterocycles. The predicted molar refractivity (Wildman–Crippen MR) is 83.7 cm³/mol. The molecule has 1 aliphatic heterocycles. The van der Waals surface area contributed by atoms with Crippen LogP contribution in [0.5, 0.6) is 0 Å². The molecule has 7 nitrogen and oxygen atoms in total. The molecule has 1 saturated carbocycles. The van der Waals surface area contributed by atoms with Crippen molar-refractivity contribution in [1.82, 2.24) is 15.6 Å². The van der Waals surface area contributed by atoms with Gasteiger partial charge in [0.05, 0.1) is 12.0 Å². The van der Waals surface area contributed by atoms with E-state index >= 15 is 0 Å². The third kappa shape index (κ3) is 3.44. The maximum atomic E-state index is 13.3. The van der Waals surface area contributed by atoms with Gasteiger partial charge in [0, 0.05) is 18.0 Å². The van der Waals surface area contributed by atoms with Crippen molar-refractivity contribution in [2.24, 2.45) is 5.92 Å². The number of benzene rings is 1. The molecule has 4 atom stereocenters. The van der Waals surface area contributed by atoms with Gasteiger partial charge in [0.15, 0.2) is 0 Å². The van der Waals surface area contributed by atoms with Gasteiger partial charge < -0.3 is 4.74 Å². The van der Waals surface area contributed by atoms with Crippen molar-refractivity contribution in [3.63, 3.8) is 0 Å². The van der Waals surface area contributed by atoms with Gasteiger partial charge in [0.25, 0.3) is 0 Å². The number of hydrazine groups is 1. The first-order chi connectivity index (χ1) is 11.4. The Balaban J connectivity index is 1.71. The van der Waals surface area contributed by atoms with Crippen molar-refractivity contribution in [1.29, 1.82) is 0 Å². The lowest BCUT2D eigenvalue weighted by atomic mass is 9.79. The summed E-state index contributed by atoms with van der Waals surface area (Å²) in [6.07, 6.45) is 1.86. The van der Waals surface area contributed by atoms with Crippen LogP contribution in [-0.4, -0.2) is 39.6 Å². The molecule has 0 bridgehead atoms. The van der Waals surface area contributed by atoms with Crippen LogP contribution < -0.4 is 15.6 Å². The van der Waals surface area contributed by atoms with E-state index in [4.69, 9.17) is 4.74 Å². The quantitative estimate of drug-likeness (QED) is 0.671. The Kier molecular flexibility index (Phi) is 4.86. The SMILES string of the molecule is COC(=O)C1NNC2CCC(NS(=O)(=O)c3cccc(F)c3)CC21. The van der Waals surface area contributed by atoms with Gasteiger partial charge in [0.2, 0.25) is 10.0 Å². The molecule has 9 heteroatoms. The summed E-state index contributed by atoms with van der Waals surface area (Å²) in [6.45, 7) is 0. The molecule has 0 aromatic heterocycles. The highest BCUT2D eigenvalue weighted by atomic mass is 32.2. The number of carbonyl (C=O) groups excluding carboxylic acids is 1. The minimum absolute atomic E-state index is 0.0635. The standard InChI is InChI=1S/C15H20FN3O4S/c1-23-15(20)14-12-8-10(5-6-13(12)17-18-14)19-24(21,22)11-4-2-3-9(16)7-11/h2-4,7,10,12-14,17-19H,5-6,8H2,1H3. The van der Waals surface area contributed by atoms with Crippen LogP contribution in [0.3, 0.4) is 0 Å². The van der Waals surface area contributed by atoms with E-state index in [1.807, 2.05) is 0 Å². The van der Waals surface area contributed by atoms with E-state index < -0.39 is 21.9 Å². The monoisotopic (exact) mass is 357 g/mol. The third-order valence-electron chi connectivity index (χ3n) is 4.64. The molecule has 3 N–H and O–H groups in total. The third-order valence-corrected chi connectivity index (χ3v) is 6.15. The summed E-state index contributed by atoms with van der Waals surface area (Å²) < 4.78 is 45.5. The number of methoxy groups -OCH3 is 1. The van der Waals surface area contributed by atoms with Gasteiger partial charge in [-0.3, -0.25) is 10.2 Å².